The number of urea groups is 1. The number of nitrogens with zero attached hydrogens (tertiary/aromatic N) is 3. The molecule has 3 aromatic rings. The van der Waals surface area contributed by atoms with Gasteiger partial charge in [0.25, 0.3) is 0 Å². The van der Waals surface area contributed by atoms with Crippen molar-refractivity contribution in [2.45, 2.75) is 36.8 Å². The number of fused-ring (bicyclic) bond motifs is 2. The minimum atomic E-state index is -3.71. The predicted molar refractivity (Wildman–Crippen MR) is 128 cm³/mol. The fourth-order valence-corrected chi connectivity index (χ4v) is 5.53. The lowest BCUT2D eigenvalue weighted by molar-refractivity contribution is 0.0165. The summed E-state index contributed by atoms with van der Waals surface area (Å²) in [6, 6.07) is 6.85. The summed E-state index contributed by atoms with van der Waals surface area (Å²) in [5, 5.41) is 6.92. The van der Waals surface area contributed by atoms with Gasteiger partial charge >= 0.3 is 6.03 Å². The highest BCUT2D eigenvalue weighted by Crippen LogP contribution is 2.37. The first-order valence-corrected chi connectivity index (χ1v) is 12.7. The summed E-state index contributed by atoms with van der Waals surface area (Å²) in [6.07, 6.45) is 5.45. The van der Waals surface area contributed by atoms with Gasteiger partial charge in [-0.2, -0.15) is 5.10 Å². The maximum absolute atomic E-state index is 13.1. The Morgan fingerprint density at radius 1 is 1.26 bits per heavy atom. The average Bonchev–Trinajstić information content (AvgIpc) is 3.51. The third-order valence-electron chi connectivity index (χ3n) is 6.21. The van der Waals surface area contributed by atoms with E-state index >= 15 is 0 Å². The van der Waals surface area contributed by atoms with Gasteiger partial charge in [-0.1, -0.05) is 6.07 Å². The van der Waals surface area contributed by atoms with Crippen LogP contribution in [0.25, 0.3) is 11.1 Å². The van der Waals surface area contributed by atoms with Crippen molar-refractivity contribution in [3.8, 4) is 22.9 Å². The molecule has 3 heterocycles. The molecule has 0 spiro atoms. The molecule has 2 aliphatic rings. The molecule has 35 heavy (non-hydrogen) atoms. The van der Waals surface area contributed by atoms with Crippen molar-refractivity contribution in [1.29, 1.82) is 4.78 Å². The first-order chi connectivity index (χ1) is 16.9. The molecule has 2 amide bonds. The molecule has 0 fully saturated rings. The summed E-state index contributed by atoms with van der Waals surface area (Å²) in [6.45, 7) is 0.661. The van der Waals surface area contributed by atoms with E-state index in [0.29, 0.717) is 18.1 Å². The van der Waals surface area contributed by atoms with Crippen LogP contribution in [0.5, 0.6) is 11.8 Å². The smallest absolute Gasteiger partial charge is 0.331 e. The minimum absolute atomic E-state index is 0.0226. The molecule has 0 saturated heterocycles. The lowest BCUT2D eigenvalue weighted by Crippen LogP contribution is -2.35. The van der Waals surface area contributed by atoms with Crippen LogP contribution >= 0.6 is 0 Å². The van der Waals surface area contributed by atoms with Crippen LogP contribution in [-0.4, -0.2) is 51.9 Å². The van der Waals surface area contributed by atoms with Crippen LogP contribution in [0.3, 0.4) is 0 Å². The summed E-state index contributed by atoms with van der Waals surface area (Å²) in [4.78, 5) is 17.0. The molecule has 11 nitrogen and oxygen atoms in total. The van der Waals surface area contributed by atoms with Gasteiger partial charge in [0.1, 0.15) is 17.6 Å². The van der Waals surface area contributed by atoms with Crippen LogP contribution in [0.1, 0.15) is 17.5 Å². The third-order valence-corrected chi connectivity index (χ3v) is 7.58. The molecule has 5 rings (SSSR count). The molecule has 12 heteroatoms. The van der Waals surface area contributed by atoms with Crippen LogP contribution in [0.2, 0.25) is 0 Å². The van der Waals surface area contributed by atoms with Gasteiger partial charge in [0.2, 0.25) is 11.8 Å². The second-order valence-corrected chi connectivity index (χ2v) is 10.1. The summed E-state index contributed by atoms with van der Waals surface area (Å²) in [7, 11) is -0.559. The van der Waals surface area contributed by atoms with Gasteiger partial charge in [0, 0.05) is 25.1 Å². The average molecular weight is 499 g/mol. The van der Waals surface area contributed by atoms with E-state index in [1.165, 1.54) is 10.9 Å². The van der Waals surface area contributed by atoms with Crippen molar-refractivity contribution in [2.75, 3.05) is 26.1 Å². The first-order valence-electron chi connectivity index (χ1n) is 11.1. The summed E-state index contributed by atoms with van der Waals surface area (Å²) in [5.74, 6) is 0.738. The fraction of sp³-hybridized carbons (Fsp3) is 0.348. The van der Waals surface area contributed by atoms with Crippen LogP contribution in [0, 0.1) is 4.78 Å². The Morgan fingerprint density at radius 2 is 2.09 bits per heavy atom. The van der Waals surface area contributed by atoms with Gasteiger partial charge in [0.15, 0.2) is 9.92 Å². The highest BCUT2D eigenvalue weighted by atomic mass is 32.2. The Balaban J connectivity index is 1.35. The molecule has 2 atom stereocenters. The van der Waals surface area contributed by atoms with E-state index in [9.17, 15) is 9.00 Å². The summed E-state index contributed by atoms with van der Waals surface area (Å²) < 4.78 is 41.3. The zero-order valence-electron chi connectivity index (χ0n) is 19.4. The largest absolute Gasteiger partial charge is 0.481 e. The number of carbonyl (C=O) groups excluding carboxylic acids is 1. The minimum Gasteiger partial charge on any atom is -0.481 e. The Hall–Kier alpha value is -3.64. The molecule has 0 radical (unpaired) electrons. The maximum Gasteiger partial charge on any atom is 0.331 e. The summed E-state index contributed by atoms with van der Waals surface area (Å²) in [5.41, 5.74) is 4.86. The molecule has 0 bridgehead atoms. The van der Waals surface area contributed by atoms with E-state index in [1.807, 2.05) is 24.3 Å². The van der Waals surface area contributed by atoms with Crippen molar-refractivity contribution in [1.82, 2.24) is 19.5 Å². The van der Waals surface area contributed by atoms with E-state index < -0.39 is 15.9 Å². The van der Waals surface area contributed by atoms with Crippen LogP contribution in [0.4, 0.5) is 10.5 Å². The van der Waals surface area contributed by atoms with Crippen LogP contribution < -0.4 is 19.5 Å². The molecule has 3 N–H and O–H groups in total. The normalized spacial score (nSPS) is 18.1. The first kappa shape index (κ1) is 23.1. The van der Waals surface area contributed by atoms with E-state index in [0.717, 1.165) is 41.5 Å². The predicted octanol–water partition coefficient (Wildman–Crippen LogP) is 2.99. The number of nitrogens with one attached hydrogen (secondary N) is 3. The molecular weight excluding hydrogens is 472 g/mol. The number of benzene rings is 1. The Morgan fingerprint density at radius 3 is 2.89 bits per heavy atom. The van der Waals surface area contributed by atoms with Gasteiger partial charge in [0.05, 0.1) is 19.9 Å². The zero-order chi connectivity index (χ0) is 24.6. The SMILES string of the molecule is COc1cc(-c2ccc(NC(=O)NS(=N)(=O)c3cnn4c3OC[C@@H](OC)C4)c3c2CCC3)ccn1. The number of hydrogen-bond acceptors (Lipinski definition) is 8. The van der Waals surface area contributed by atoms with E-state index in [4.69, 9.17) is 19.0 Å². The molecule has 1 aliphatic heterocycles. The van der Waals surface area contributed by atoms with Crippen molar-refractivity contribution < 1.29 is 23.2 Å². The van der Waals surface area contributed by atoms with Crippen molar-refractivity contribution >= 4 is 21.6 Å². The van der Waals surface area contributed by atoms with E-state index in [1.54, 1.807) is 20.4 Å². The van der Waals surface area contributed by atoms with Gasteiger partial charge < -0.3 is 19.5 Å². The van der Waals surface area contributed by atoms with Gasteiger partial charge in [-0.05, 0) is 53.6 Å². The summed E-state index contributed by atoms with van der Waals surface area (Å²) >= 11 is 0. The van der Waals surface area contributed by atoms with Crippen LogP contribution in [-0.2, 0) is 34.0 Å². The Kier molecular flexibility index (Phi) is 6.07. The Labute approximate surface area is 202 Å². The monoisotopic (exact) mass is 498 g/mol. The number of carbonyl (C=O) groups is 1. The lowest BCUT2D eigenvalue weighted by Gasteiger charge is -2.23. The molecule has 1 unspecified atom stereocenters. The number of aromatic nitrogens is 3. The number of methoxy groups -OCH3 is 2. The zero-order valence-corrected chi connectivity index (χ0v) is 20.2. The van der Waals surface area contributed by atoms with E-state index in [2.05, 4.69) is 20.1 Å². The molecule has 2 aromatic heterocycles. The molecular formula is C23H26N6O5S. The second kappa shape index (κ2) is 9.19. The third kappa shape index (κ3) is 4.42. The number of hydrogen-bond donors (Lipinski definition) is 3. The number of pyridine rings is 1. The topological polar surface area (TPSA) is 140 Å². The number of rotatable bonds is 6. The van der Waals surface area contributed by atoms with Crippen molar-refractivity contribution in [2.24, 2.45) is 0 Å². The number of amides is 2. The second-order valence-electron chi connectivity index (χ2n) is 8.34. The van der Waals surface area contributed by atoms with Gasteiger partial charge in [-0.25, -0.2) is 28.2 Å². The van der Waals surface area contributed by atoms with Gasteiger partial charge in [-0.15, -0.1) is 0 Å². The van der Waals surface area contributed by atoms with E-state index in [-0.39, 0.29) is 23.5 Å². The maximum atomic E-state index is 13.1. The highest BCUT2D eigenvalue weighted by molar-refractivity contribution is 7.91. The number of anilines is 1. The standard InChI is InChI=1S/C23H26N6O5S/c1-32-15-12-29-22(34-13-15)20(11-26-29)35(24,31)28-23(30)27-19-7-6-16(17-4-3-5-18(17)19)14-8-9-25-21(10-14)33-2/h6-11,15H,3-5,12-13H2,1-2H3,(H3,24,27,28,30,31)/t15-,35?/m0/s1. The molecule has 1 aromatic carbocycles. The molecule has 1 aliphatic carbocycles. The number of ether oxygens (including phenoxy) is 3. The van der Waals surface area contributed by atoms with Crippen molar-refractivity contribution in [3.05, 3.63) is 47.8 Å². The van der Waals surface area contributed by atoms with Crippen molar-refractivity contribution in [3.63, 3.8) is 0 Å². The molecule has 184 valence electrons. The van der Waals surface area contributed by atoms with Crippen LogP contribution in [0.15, 0.2) is 41.6 Å². The molecule has 0 saturated carbocycles. The van der Waals surface area contributed by atoms with Gasteiger partial charge in [-0.3, -0.25) is 0 Å². The fourth-order valence-electron chi connectivity index (χ4n) is 4.51. The lowest BCUT2D eigenvalue weighted by atomic mass is 9.96. The Bertz CT molecular complexity index is 1390. The highest BCUT2D eigenvalue weighted by Gasteiger charge is 2.29. The quantitative estimate of drug-likeness (QED) is 0.474.